The van der Waals surface area contributed by atoms with Gasteiger partial charge >= 0.3 is 0 Å². The minimum absolute atomic E-state index is 0.00116. The Morgan fingerprint density at radius 1 is 1.47 bits per heavy atom. The number of hydrogen-bond donors (Lipinski definition) is 2. The zero-order valence-electron chi connectivity index (χ0n) is 9.79. The third-order valence-corrected chi connectivity index (χ3v) is 3.33. The maximum atomic E-state index is 11.3. The largest absolute Gasteiger partial charge is 0.388 e. The number of carbonyl (C=O) groups excluding carboxylic acids is 1. The van der Waals surface area contributed by atoms with Crippen LogP contribution in [0.4, 0.5) is 5.69 Å². The Bertz CT molecular complexity index is 445. The van der Waals surface area contributed by atoms with Crippen molar-refractivity contribution >= 4 is 23.2 Å². The molecule has 0 aliphatic carbocycles. The van der Waals surface area contributed by atoms with Crippen LogP contribution in [0.15, 0.2) is 12.1 Å². The summed E-state index contributed by atoms with van der Waals surface area (Å²) in [5.74, 6) is 0.00116. The van der Waals surface area contributed by atoms with Crippen molar-refractivity contribution in [1.82, 2.24) is 0 Å². The fourth-order valence-corrected chi connectivity index (χ4v) is 2.40. The third kappa shape index (κ3) is 2.61. The molecule has 1 amide bonds. The van der Waals surface area contributed by atoms with E-state index in [1.807, 2.05) is 13.0 Å². The van der Waals surface area contributed by atoms with Gasteiger partial charge in [0.1, 0.15) is 0 Å². The molecule has 0 bridgehead atoms. The van der Waals surface area contributed by atoms with Gasteiger partial charge < -0.3 is 10.4 Å². The van der Waals surface area contributed by atoms with E-state index in [2.05, 4.69) is 5.32 Å². The lowest BCUT2D eigenvalue weighted by atomic mass is 9.97. The summed E-state index contributed by atoms with van der Waals surface area (Å²) in [5.41, 5.74) is 2.56. The number of amides is 1. The predicted octanol–water partition coefficient (Wildman–Crippen LogP) is 3.06. The Labute approximate surface area is 106 Å². The first-order chi connectivity index (χ1) is 8.11. The Morgan fingerprint density at radius 3 is 2.94 bits per heavy atom. The monoisotopic (exact) mass is 253 g/mol. The fourth-order valence-electron chi connectivity index (χ4n) is 2.11. The number of anilines is 1. The van der Waals surface area contributed by atoms with Gasteiger partial charge in [-0.15, -0.1) is 0 Å². The molecule has 1 aliphatic heterocycles. The van der Waals surface area contributed by atoms with Crippen LogP contribution in [-0.4, -0.2) is 11.0 Å². The molecule has 3 nitrogen and oxygen atoms in total. The van der Waals surface area contributed by atoms with Gasteiger partial charge in [-0.25, -0.2) is 0 Å². The van der Waals surface area contributed by atoms with Gasteiger partial charge in [0.15, 0.2) is 0 Å². The van der Waals surface area contributed by atoms with Crippen molar-refractivity contribution in [2.24, 2.45) is 0 Å². The molecule has 0 fully saturated rings. The third-order valence-electron chi connectivity index (χ3n) is 3.03. The van der Waals surface area contributed by atoms with Gasteiger partial charge in [-0.1, -0.05) is 31.0 Å². The summed E-state index contributed by atoms with van der Waals surface area (Å²) in [6.07, 6.45) is 2.35. The lowest BCUT2D eigenvalue weighted by Gasteiger charge is -2.20. The van der Waals surface area contributed by atoms with Gasteiger partial charge in [0, 0.05) is 6.42 Å². The van der Waals surface area contributed by atoms with Crippen LogP contribution in [0.3, 0.4) is 0 Å². The van der Waals surface area contributed by atoms with Crippen LogP contribution in [0.25, 0.3) is 0 Å². The van der Waals surface area contributed by atoms with Crippen LogP contribution in [0.2, 0.25) is 5.02 Å². The Morgan fingerprint density at radius 2 is 2.24 bits per heavy atom. The summed E-state index contributed by atoms with van der Waals surface area (Å²) >= 11 is 6.13. The first-order valence-corrected chi connectivity index (χ1v) is 6.30. The molecule has 1 aliphatic rings. The van der Waals surface area contributed by atoms with Gasteiger partial charge in [-0.3, -0.25) is 4.79 Å². The lowest BCUT2D eigenvalue weighted by molar-refractivity contribution is -0.116. The van der Waals surface area contributed by atoms with E-state index in [-0.39, 0.29) is 5.91 Å². The highest BCUT2D eigenvalue weighted by Crippen LogP contribution is 2.34. The van der Waals surface area contributed by atoms with Crippen LogP contribution < -0.4 is 5.32 Å². The molecule has 0 radical (unpaired) electrons. The number of carbonyl (C=O) groups is 1. The van der Waals surface area contributed by atoms with Crippen LogP contribution in [0.5, 0.6) is 0 Å². The number of aryl methyl sites for hydroxylation is 1. The smallest absolute Gasteiger partial charge is 0.224 e. The number of nitrogens with one attached hydrogen (secondary N) is 1. The van der Waals surface area contributed by atoms with Gasteiger partial charge in [0.25, 0.3) is 0 Å². The average Bonchev–Trinajstić information content (AvgIpc) is 2.30. The second-order valence-electron chi connectivity index (χ2n) is 4.39. The van der Waals surface area contributed by atoms with Crippen LogP contribution in [0, 0.1) is 0 Å². The summed E-state index contributed by atoms with van der Waals surface area (Å²) < 4.78 is 0. The lowest BCUT2D eigenvalue weighted by Crippen LogP contribution is -2.19. The molecule has 1 heterocycles. The van der Waals surface area contributed by atoms with Crippen molar-refractivity contribution < 1.29 is 9.90 Å². The van der Waals surface area contributed by atoms with E-state index in [1.54, 1.807) is 6.07 Å². The molecule has 4 heteroatoms. The van der Waals surface area contributed by atoms with E-state index >= 15 is 0 Å². The number of hydrogen-bond acceptors (Lipinski definition) is 2. The highest BCUT2D eigenvalue weighted by atomic mass is 35.5. The van der Waals surface area contributed by atoms with E-state index in [1.165, 1.54) is 0 Å². The second-order valence-corrected chi connectivity index (χ2v) is 4.80. The Hall–Kier alpha value is -1.06. The van der Waals surface area contributed by atoms with Crippen molar-refractivity contribution in [2.75, 3.05) is 5.32 Å². The molecule has 1 aromatic rings. The van der Waals surface area contributed by atoms with E-state index in [9.17, 15) is 9.90 Å². The highest BCUT2D eigenvalue weighted by Gasteiger charge is 2.19. The molecule has 0 saturated carbocycles. The number of benzene rings is 1. The maximum Gasteiger partial charge on any atom is 0.224 e. The van der Waals surface area contributed by atoms with E-state index in [4.69, 9.17) is 11.6 Å². The molecule has 2 N–H and O–H groups in total. The van der Waals surface area contributed by atoms with E-state index in [0.29, 0.717) is 23.6 Å². The van der Waals surface area contributed by atoms with Gasteiger partial charge in [0.05, 0.1) is 16.8 Å². The molecule has 1 unspecified atom stereocenters. The van der Waals surface area contributed by atoms with E-state index in [0.717, 1.165) is 24.0 Å². The fraction of sp³-hybridized carbons (Fsp3) is 0.462. The van der Waals surface area contributed by atoms with Crippen molar-refractivity contribution in [3.05, 3.63) is 28.3 Å². The molecule has 1 aromatic carbocycles. The number of fused-ring (bicyclic) bond motifs is 1. The van der Waals surface area contributed by atoms with Gasteiger partial charge in [-0.2, -0.15) is 0 Å². The van der Waals surface area contributed by atoms with Crippen LogP contribution in [-0.2, 0) is 11.2 Å². The van der Waals surface area contributed by atoms with Crippen molar-refractivity contribution in [3.63, 3.8) is 0 Å². The predicted molar refractivity (Wildman–Crippen MR) is 68.3 cm³/mol. The second kappa shape index (κ2) is 5.07. The first-order valence-electron chi connectivity index (χ1n) is 5.92. The molecular weight excluding hydrogens is 238 g/mol. The molecule has 0 saturated heterocycles. The molecule has 2 rings (SSSR count). The number of aliphatic hydroxyl groups excluding tert-OH is 1. The molecule has 17 heavy (non-hydrogen) atoms. The van der Waals surface area contributed by atoms with Crippen LogP contribution in [0.1, 0.15) is 43.4 Å². The quantitative estimate of drug-likeness (QED) is 0.870. The van der Waals surface area contributed by atoms with E-state index < -0.39 is 6.10 Å². The van der Waals surface area contributed by atoms with Gasteiger partial charge in [0.2, 0.25) is 5.91 Å². The minimum atomic E-state index is -0.472. The number of rotatable bonds is 3. The topological polar surface area (TPSA) is 49.3 Å². The van der Waals surface area contributed by atoms with Gasteiger partial charge in [-0.05, 0) is 30.0 Å². The van der Waals surface area contributed by atoms with Crippen molar-refractivity contribution in [1.29, 1.82) is 0 Å². The summed E-state index contributed by atoms with van der Waals surface area (Å²) in [5, 5.41) is 13.2. The molecular formula is C13H16ClNO2. The Kier molecular flexibility index (Phi) is 3.69. The van der Waals surface area contributed by atoms with Crippen molar-refractivity contribution in [2.45, 2.75) is 38.7 Å². The number of halogens is 1. The molecule has 1 atom stereocenters. The summed E-state index contributed by atoms with van der Waals surface area (Å²) in [6, 6.07) is 3.69. The Balaban J connectivity index is 2.34. The normalized spacial score (nSPS) is 16.3. The molecule has 92 valence electrons. The zero-order chi connectivity index (χ0) is 12.4. The zero-order valence-corrected chi connectivity index (χ0v) is 10.5. The van der Waals surface area contributed by atoms with Crippen LogP contribution >= 0.6 is 11.6 Å². The molecule has 0 aromatic heterocycles. The SMILES string of the molecule is CCCC(O)c1cc(Cl)c2c(c1)CCC(=O)N2. The minimum Gasteiger partial charge on any atom is -0.388 e. The average molecular weight is 254 g/mol. The summed E-state index contributed by atoms with van der Waals surface area (Å²) in [4.78, 5) is 11.3. The molecule has 0 spiro atoms. The standard InChI is InChI=1S/C13H16ClNO2/c1-2-3-11(16)9-6-8-4-5-12(17)15-13(8)10(14)7-9/h6-7,11,16H,2-5H2,1H3,(H,15,17). The maximum absolute atomic E-state index is 11.3. The number of aliphatic hydroxyl groups is 1. The summed E-state index contributed by atoms with van der Waals surface area (Å²) in [7, 11) is 0. The van der Waals surface area contributed by atoms with Crippen molar-refractivity contribution in [3.8, 4) is 0 Å². The highest BCUT2D eigenvalue weighted by molar-refractivity contribution is 6.34. The first kappa shape index (κ1) is 12.4. The summed E-state index contributed by atoms with van der Waals surface area (Å²) in [6.45, 7) is 2.03.